The molecule has 0 spiro atoms. The summed E-state index contributed by atoms with van der Waals surface area (Å²) in [7, 11) is -3.69. The Morgan fingerprint density at radius 3 is 2.23 bits per heavy atom. The molecule has 0 unspecified atom stereocenters. The minimum Gasteiger partial charge on any atom is -0.486 e. The normalized spacial score (nSPS) is 17.1. The average Bonchev–Trinajstić information content (AvgIpc) is 3.16. The molecule has 2 aliphatic rings. The second-order valence-electron chi connectivity index (χ2n) is 6.61. The zero-order valence-corrected chi connectivity index (χ0v) is 15.2. The van der Waals surface area contributed by atoms with Crippen LogP contribution in [0.3, 0.4) is 0 Å². The van der Waals surface area contributed by atoms with Crippen molar-refractivity contribution >= 4 is 21.4 Å². The molecule has 2 N–H and O–H groups in total. The van der Waals surface area contributed by atoms with E-state index in [1.165, 1.54) is 37.8 Å². The molecule has 7 heteroatoms. The lowest BCUT2D eigenvalue weighted by atomic mass is 10.2. The Bertz CT molecular complexity index is 875. The van der Waals surface area contributed by atoms with E-state index in [-0.39, 0.29) is 4.90 Å². The molecule has 0 amide bonds. The first kappa shape index (κ1) is 17.0. The highest BCUT2D eigenvalue weighted by molar-refractivity contribution is 7.92. The van der Waals surface area contributed by atoms with Crippen LogP contribution in [0, 0.1) is 0 Å². The van der Waals surface area contributed by atoms with Gasteiger partial charge in [0.15, 0.2) is 11.5 Å². The Hall–Kier alpha value is -2.41. The van der Waals surface area contributed by atoms with Gasteiger partial charge in [-0.25, -0.2) is 8.42 Å². The monoisotopic (exact) mass is 374 g/mol. The van der Waals surface area contributed by atoms with Crippen molar-refractivity contribution in [2.75, 3.05) is 23.3 Å². The van der Waals surface area contributed by atoms with Gasteiger partial charge in [-0.15, -0.1) is 0 Å². The Kier molecular flexibility index (Phi) is 4.63. The van der Waals surface area contributed by atoms with Crippen LogP contribution in [-0.4, -0.2) is 27.7 Å². The van der Waals surface area contributed by atoms with Crippen LogP contribution in [0.5, 0.6) is 11.5 Å². The molecule has 1 aliphatic carbocycles. The second-order valence-corrected chi connectivity index (χ2v) is 8.30. The van der Waals surface area contributed by atoms with Gasteiger partial charge >= 0.3 is 0 Å². The van der Waals surface area contributed by atoms with Crippen LogP contribution in [0.1, 0.15) is 25.7 Å². The maximum atomic E-state index is 12.6. The molecule has 0 radical (unpaired) electrons. The lowest BCUT2D eigenvalue weighted by Gasteiger charge is -2.19. The van der Waals surface area contributed by atoms with Crippen molar-refractivity contribution in [2.24, 2.45) is 0 Å². The summed E-state index contributed by atoms with van der Waals surface area (Å²) in [5.41, 5.74) is 1.54. The van der Waals surface area contributed by atoms with Gasteiger partial charge in [-0.3, -0.25) is 4.72 Å². The number of rotatable bonds is 5. The highest BCUT2D eigenvalue weighted by Gasteiger charge is 2.20. The number of benzene rings is 2. The van der Waals surface area contributed by atoms with Crippen molar-refractivity contribution in [1.29, 1.82) is 0 Å². The number of nitrogens with one attached hydrogen (secondary N) is 2. The van der Waals surface area contributed by atoms with Crippen LogP contribution >= 0.6 is 0 Å². The van der Waals surface area contributed by atoms with Crippen molar-refractivity contribution < 1.29 is 17.9 Å². The van der Waals surface area contributed by atoms with E-state index >= 15 is 0 Å². The molecule has 0 aromatic heterocycles. The number of sulfonamides is 1. The summed E-state index contributed by atoms with van der Waals surface area (Å²) in [5, 5.41) is 3.49. The van der Waals surface area contributed by atoms with Crippen molar-refractivity contribution in [3.63, 3.8) is 0 Å². The van der Waals surface area contributed by atoms with E-state index in [2.05, 4.69) is 10.0 Å². The van der Waals surface area contributed by atoms with E-state index in [0.717, 1.165) is 5.69 Å². The van der Waals surface area contributed by atoms with Gasteiger partial charge < -0.3 is 14.8 Å². The van der Waals surface area contributed by atoms with Gasteiger partial charge in [0.05, 0.1) is 4.90 Å². The van der Waals surface area contributed by atoms with Crippen LogP contribution in [0.2, 0.25) is 0 Å². The Balaban J connectivity index is 1.47. The van der Waals surface area contributed by atoms with Gasteiger partial charge in [-0.05, 0) is 49.2 Å². The van der Waals surface area contributed by atoms with Crippen LogP contribution in [0.15, 0.2) is 47.4 Å². The maximum absolute atomic E-state index is 12.6. The molecule has 138 valence electrons. The summed E-state index contributed by atoms with van der Waals surface area (Å²) in [5.74, 6) is 1.02. The van der Waals surface area contributed by atoms with Gasteiger partial charge in [-0.2, -0.15) is 0 Å². The first-order chi connectivity index (χ1) is 12.6. The fourth-order valence-corrected chi connectivity index (χ4v) is 4.42. The van der Waals surface area contributed by atoms with Crippen molar-refractivity contribution in [1.82, 2.24) is 0 Å². The van der Waals surface area contributed by atoms with Crippen LogP contribution in [0.25, 0.3) is 0 Å². The fraction of sp³-hybridized carbons (Fsp3) is 0.368. The van der Waals surface area contributed by atoms with E-state index in [1.807, 2.05) is 12.1 Å². The third-order valence-corrected chi connectivity index (χ3v) is 6.07. The first-order valence-electron chi connectivity index (χ1n) is 8.89. The molecule has 6 nitrogen and oxygen atoms in total. The summed E-state index contributed by atoms with van der Waals surface area (Å²) in [6.07, 6.45) is 4.92. The molecule has 2 aromatic carbocycles. The predicted molar refractivity (Wildman–Crippen MR) is 101 cm³/mol. The number of ether oxygens (including phenoxy) is 2. The second kappa shape index (κ2) is 7.07. The number of fused-ring (bicyclic) bond motifs is 1. The summed E-state index contributed by atoms with van der Waals surface area (Å²) < 4.78 is 38.8. The van der Waals surface area contributed by atoms with Gasteiger partial charge in [0.1, 0.15) is 13.2 Å². The van der Waals surface area contributed by atoms with Crippen LogP contribution < -0.4 is 19.5 Å². The Morgan fingerprint density at radius 2 is 1.50 bits per heavy atom. The predicted octanol–water partition coefficient (Wildman–Crippen LogP) is 3.61. The number of anilines is 2. The van der Waals surface area contributed by atoms with Gasteiger partial charge in [0, 0.05) is 23.5 Å². The largest absolute Gasteiger partial charge is 0.486 e. The molecule has 2 aromatic rings. The van der Waals surface area contributed by atoms with Crippen LogP contribution in [-0.2, 0) is 10.0 Å². The van der Waals surface area contributed by atoms with Crippen LogP contribution in [0.4, 0.5) is 11.4 Å². The maximum Gasteiger partial charge on any atom is 0.262 e. The summed E-state index contributed by atoms with van der Waals surface area (Å²) in [6, 6.07) is 12.5. The topological polar surface area (TPSA) is 76.7 Å². The zero-order chi connectivity index (χ0) is 18.0. The van der Waals surface area contributed by atoms with Crippen molar-refractivity contribution in [3.05, 3.63) is 42.5 Å². The van der Waals surface area contributed by atoms with E-state index in [9.17, 15) is 8.42 Å². The molecular formula is C19H22N2O4S. The first-order valence-corrected chi connectivity index (χ1v) is 10.4. The quantitative estimate of drug-likeness (QED) is 0.836. The molecule has 4 rings (SSSR count). The van der Waals surface area contributed by atoms with Gasteiger partial charge in [0.2, 0.25) is 0 Å². The smallest absolute Gasteiger partial charge is 0.262 e. The fourth-order valence-electron chi connectivity index (χ4n) is 3.35. The van der Waals surface area contributed by atoms with E-state index in [0.29, 0.717) is 36.4 Å². The standard InChI is InChI=1S/C19H22N2O4S/c22-26(23,17-9-10-18-19(13-17)25-12-11-24-18)21-16-7-5-15(6-8-16)20-14-3-1-2-4-14/h5-10,13-14,20-21H,1-4,11-12H2. The third kappa shape index (κ3) is 3.72. The molecule has 1 saturated carbocycles. The van der Waals surface area contributed by atoms with Crippen molar-refractivity contribution in [3.8, 4) is 11.5 Å². The molecule has 0 bridgehead atoms. The minimum absolute atomic E-state index is 0.148. The highest BCUT2D eigenvalue weighted by Crippen LogP contribution is 2.33. The molecule has 1 fully saturated rings. The SMILES string of the molecule is O=S(=O)(Nc1ccc(NC2CCCC2)cc1)c1ccc2c(c1)OCCO2. The number of hydrogen-bond donors (Lipinski definition) is 2. The summed E-state index contributed by atoms with van der Waals surface area (Å²) in [4.78, 5) is 0.148. The molecule has 1 heterocycles. The lowest BCUT2D eigenvalue weighted by molar-refractivity contribution is 0.171. The van der Waals surface area contributed by atoms with Gasteiger partial charge in [-0.1, -0.05) is 12.8 Å². The molecule has 0 saturated heterocycles. The Labute approximate surface area is 153 Å². The highest BCUT2D eigenvalue weighted by atomic mass is 32.2. The number of hydrogen-bond acceptors (Lipinski definition) is 5. The lowest BCUT2D eigenvalue weighted by Crippen LogP contribution is -2.17. The zero-order valence-electron chi connectivity index (χ0n) is 14.4. The van der Waals surface area contributed by atoms with E-state index < -0.39 is 10.0 Å². The van der Waals surface area contributed by atoms with E-state index in [1.54, 1.807) is 18.2 Å². The Morgan fingerprint density at radius 1 is 0.846 bits per heavy atom. The summed E-state index contributed by atoms with van der Waals surface area (Å²) >= 11 is 0. The molecule has 26 heavy (non-hydrogen) atoms. The molecule has 1 aliphatic heterocycles. The third-order valence-electron chi connectivity index (χ3n) is 4.69. The molecular weight excluding hydrogens is 352 g/mol. The van der Waals surface area contributed by atoms with E-state index in [4.69, 9.17) is 9.47 Å². The molecule has 0 atom stereocenters. The minimum atomic E-state index is -3.69. The summed E-state index contributed by atoms with van der Waals surface area (Å²) in [6.45, 7) is 0.887. The van der Waals surface area contributed by atoms with Gasteiger partial charge in [0.25, 0.3) is 10.0 Å². The average molecular weight is 374 g/mol. The van der Waals surface area contributed by atoms with Crippen molar-refractivity contribution in [2.45, 2.75) is 36.6 Å².